The van der Waals surface area contributed by atoms with E-state index in [1.54, 1.807) is 0 Å². The largest absolute Gasteiger partial charge is 0.493 e. The number of fused-ring (bicyclic) bond motifs is 2. The second kappa shape index (κ2) is 4.88. The van der Waals surface area contributed by atoms with E-state index in [0.717, 1.165) is 36.7 Å². The molecule has 4 heteroatoms. The molecule has 0 N–H and O–H groups in total. The van der Waals surface area contributed by atoms with Gasteiger partial charge in [-0.1, -0.05) is 24.3 Å². The van der Waals surface area contributed by atoms with E-state index in [1.165, 1.54) is 11.1 Å². The molecule has 0 fully saturated rings. The van der Waals surface area contributed by atoms with Crippen LogP contribution in [0.5, 0.6) is 5.75 Å². The zero-order valence-corrected chi connectivity index (χ0v) is 12.0. The molecule has 0 aliphatic carbocycles. The molecule has 3 heterocycles. The van der Waals surface area contributed by atoms with Crippen LogP contribution in [-0.2, 0) is 12.8 Å². The first-order valence-corrected chi connectivity index (χ1v) is 7.30. The highest BCUT2D eigenvalue weighted by molar-refractivity contribution is 5.39. The fourth-order valence-electron chi connectivity index (χ4n) is 3.01. The van der Waals surface area contributed by atoms with Crippen molar-refractivity contribution in [3.05, 3.63) is 59.5 Å². The van der Waals surface area contributed by atoms with Crippen molar-refractivity contribution in [1.29, 1.82) is 0 Å². The maximum Gasteiger partial charge on any atom is 0.155 e. The van der Waals surface area contributed by atoms with Gasteiger partial charge in [0.25, 0.3) is 0 Å². The van der Waals surface area contributed by atoms with Gasteiger partial charge in [0.2, 0.25) is 0 Å². The maximum absolute atomic E-state index is 5.87. The van der Waals surface area contributed by atoms with Crippen molar-refractivity contribution in [2.45, 2.75) is 19.8 Å². The van der Waals surface area contributed by atoms with Gasteiger partial charge >= 0.3 is 0 Å². The Morgan fingerprint density at radius 2 is 2.14 bits per heavy atom. The molecule has 0 spiro atoms. The Morgan fingerprint density at radius 1 is 1.24 bits per heavy atom. The highest BCUT2D eigenvalue weighted by Gasteiger charge is 2.20. The number of benzene rings is 1. The van der Waals surface area contributed by atoms with Crippen LogP contribution in [0.1, 0.15) is 17.0 Å². The number of hydrogen-bond donors (Lipinski definition) is 0. The molecular formula is C17H17N3O. The van der Waals surface area contributed by atoms with E-state index in [0.29, 0.717) is 5.92 Å². The lowest BCUT2D eigenvalue weighted by Crippen LogP contribution is -2.22. The van der Waals surface area contributed by atoms with Crippen LogP contribution in [-0.4, -0.2) is 21.2 Å². The number of pyridine rings is 1. The molecule has 1 aliphatic heterocycles. The molecular weight excluding hydrogens is 262 g/mol. The predicted octanol–water partition coefficient (Wildman–Crippen LogP) is 2.83. The van der Waals surface area contributed by atoms with Crippen molar-refractivity contribution in [3.8, 4) is 5.75 Å². The van der Waals surface area contributed by atoms with Crippen molar-refractivity contribution in [1.82, 2.24) is 14.6 Å². The summed E-state index contributed by atoms with van der Waals surface area (Å²) in [5.41, 5.74) is 3.49. The lowest BCUT2D eigenvalue weighted by Gasteiger charge is -2.25. The SMILES string of the molecule is Cc1nc2ccc(C[C@@H]3COc4ccccc4C3)cn2n1. The zero-order chi connectivity index (χ0) is 14.2. The highest BCUT2D eigenvalue weighted by Crippen LogP contribution is 2.28. The quantitative estimate of drug-likeness (QED) is 0.724. The van der Waals surface area contributed by atoms with Crippen LogP contribution in [0.3, 0.4) is 0 Å². The fraction of sp³-hybridized carbons (Fsp3) is 0.294. The summed E-state index contributed by atoms with van der Waals surface area (Å²) in [7, 11) is 0. The summed E-state index contributed by atoms with van der Waals surface area (Å²) in [6.07, 6.45) is 4.16. The lowest BCUT2D eigenvalue weighted by molar-refractivity contribution is 0.221. The van der Waals surface area contributed by atoms with Gasteiger partial charge < -0.3 is 4.74 Å². The molecule has 2 aromatic heterocycles. The highest BCUT2D eigenvalue weighted by atomic mass is 16.5. The van der Waals surface area contributed by atoms with Gasteiger partial charge in [0.05, 0.1) is 6.61 Å². The van der Waals surface area contributed by atoms with Gasteiger partial charge in [-0.2, -0.15) is 5.10 Å². The Kier molecular flexibility index (Phi) is 2.88. The summed E-state index contributed by atoms with van der Waals surface area (Å²) < 4.78 is 7.73. The van der Waals surface area contributed by atoms with Gasteiger partial charge in [0.1, 0.15) is 11.6 Å². The Hall–Kier alpha value is -2.36. The standard InChI is InChI=1S/C17H17N3O/c1-12-18-17-7-6-13(10-20(17)19-12)8-14-9-15-4-2-3-5-16(15)21-11-14/h2-7,10,14H,8-9,11H2,1H3/t14-/m0/s1. The van der Waals surface area contributed by atoms with Crippen molar-refractivity contribution >= 4 is 5.65 Å². The molecule has 1 aliphatic rings. The molecule has 4 nitrogen and oxygen atoms in total. The second-order valence-corrected chi connectivity index (χ2v) is 5.69. The maximum atomic E-state index is 5.87. The molecule has 1 aromatic carbocycles. The summed E-state index contributed by atoms with van der Waals surface area (Å²) in [6.45, 7) is 2.70. The summed E-state index contributed by atoms with van der Waals surface area (Å²) in [5.74, 6) is 2.36. The smallest absolute Gasteiger partial charge is 0.155 e. The van der Waals surface area contributed by atoms with Crippen LogP contribution in [0, 0.1) is 12.8 Å². The number of para-hydroxylation sites is 1. The minimum absolute atomic E-state index is 0.516. The van der Waals surface area contributed by atoms with Crippen molar-refractivity contribution in [2.75, 3.05) is 6.61 Å². The van der Waals surface area contributed by atoms with Crippen molar-refractivity contribution in [2.24, 2.45) is 5.92 Å². The average molecular weight is 279 g/mol. The van der Waals surface area contributed by atoms with Crippen LogP contribution in [0.25, 0.3) is 5.65 Å². The van der Waals surface area contributed by atoms with Crippen LogP contribution >= 0.6 is 0 Å². The number of nitrogens with zero attached hydrogens (tertiary/aromatic N) is 3. The molecule has 4 rings (SSSR count). The van der Waals surface area contributed by atoms with Gasteiger partial charge in [-0.15, -0.1) is 0 Å². The van der Waals surface area contributed by atoms with E-state index in [-0.39, 0.29) is 0 Å². The van der Waals surface area contributed by atoms with E-state index in [1.807, 2.05) is 23.6 Å². The molecule has 3 aromatic rings. The number of ether oxygens (including phenoxy) is 1. The van der Waals surface area contributed by atoms with Crippen LogP contribution in [0.2, 0.25) is 0 Å². The third-order valence-corrected chi connectivity index (χ3v) is 3.98. The minimum atomic E-state index is 0.516. The van der Waals surface area contributed by atoms with Gasteiger partial charge in [-0.25, -0.2) is 9.50 Å². The van der Waals surface area contributed by atoms with E-state index < -0.39 is 0 Å². The Morgan fingerprint density at radius 3 is 3.10 bits per heavy atom. The molecule has 1 atom stereocenters. The average Bonchev–Trinajstić information content (AvgIpc) is 2.86. The van der Waals surface area contributed by atoms with Gasteiger partial charge in [0, 0.05) is 12.1 Å². The molecule has 0 saturated carbocycles. The monoisotopic (exact) mass is 279 g/mol. The Balaban J connectivity index is 1.55. The molecule has 106 valence electrons. The first-order chi connectivity index (χ1) is 10.3. The van der Waals surface area contributed by atoms with Gasteiger partial charge in [-0.3, -0.25) is 0 Å². The molecule has 0 radical (unpaired) electrons. The summed E-state index contributed by atoms with van der Waals surface area (Å²) in [6, 6.07) is 12.5. The Bertz CT molecular complexity index is 794. The number of hydrogen-bond acceptors (Lipinski definition) is 3. The summed E-state index contributed by atoms with van der Waals surface area (Å²) in [4.78, 5) is 4.36. The van der Waals surface area contributed by atoms with Gasteiger partial charge in [0.15, 0.2) is 5.65 Å². The van der Waals surface area contributed by atoms with Crippen LogP contribution in [0.4, 0.5) is 0 Å². The number of aryl methyl sites for hydroxylation is 1. The first kappa shape index (κ1) is 12.4. The molecule has 0 bridgehead atoms. The predicted molar refractivity (Wildman–Crippen MR) is 80.6 cm³/mol. The molecule has 0 amide bonds. The fourth-order valence-corrected chi connectivity index (χ4v) is 3.01. The second-order valence-electron chi connectivity index (χ2n) is 5.69. The number of rotatable bonds is 2. The van der Waals surface area contributed by atoms with E-state index in [2.05, 4.69) is 40.5 Å². The first-order valence-electron chi connectivity index (χ1n) is 7.30. The van der Waals surface area contributed by atoms with Crippen molar-refractivity contribution in [3.63, 3.8) is 0 Å². The number of aromatic nitrogens is 3. The summed E-state index contributed by atoms with van der Waals surface area (Å²) >= 11 is 0. The third kappa shape index (κ3) is 2.37. The van der Waals surface area contributed by atoms with Crippen LogP contribution < -0.4 is 4.74 Å². The lowest BCUT2D eigenvalue weighted by atomic mass is 9.91. The Labute approximate surface area is 123 Å². The molecule has 0 saturated heterocycles. The van der Waals surface area contributed by atoms with Crippen molar-refractivity contribution < 1.29 is 4.74 Å². The van der Waals surface area contributed by atoms with Crippen LogP contribution in [0.15, 0.2) is 42.6 Å². The topological polar surface area (TPSA) is 39.4 Å². The van der Waals surface area contributed by atoms with E-state index in [9.17, 15) is 0 Å². The van der Waals surface area contributed by atoms with Gasteiger partial charge in [-0.05, 0) is 43.0 Å². The van der Waals surface area contributed by atoms with E-state index >= 15 is 0 Å². The minimum Gasteiger partial charge on any atom is -0.493 e. The summed E-state index contributed by atoms with van der Waals surface area (Å²) in [5, 5.41) is 4.38. The zero-order valence-electron chi connectivity index (χ0n) is 12.0. The normalized spacial score (nSPS) is 17.5. The van der Waals surface area contributed by atoms with E-state index in [4.69, 9.17) is 4.74 Å². The molecule has 21 heavy (non-hydrogen) atoms. The third-order valence-electron chi connectivity index (χ3n) is 3.98. The molecule has 0 unspecified atom stereocenters.